The smallest absolute Gasteiger partial charge is 0.316 e. The van der Waals surface area contributed by atoms with Crippen LogP contribution in [0.5, 0.6) is 5.75 Å². The molecule has 1 heterocycles. The number of nitrogens with two attached hydrogens (primary N) is 1. The lowest BCUT2D eigenvalue weighted by Crippen LogP contribution is -2.45. The predicted octanol–water partition coefficient (Wildman–Crippen LogP) is 3.81. The van der Waals surface area contributed by atoms with Crippen LogP contribution in [0.3, 0.4) is 0 Å². The van der Waals surface area contributed by atoms with E-state index >= 15 is 0 Å². The molecule has 0 aromatic heterocycles. The standard InChI is InChI=1S/C19H19BrN2O3/c20-16-7-3-13(4-8-16)14-5-9-17(10-6-14)25-18(23)15-2-1-11-22(12-15)19(21)24/h3-10,15H,1-2,11-12H2,(H2,21,24). The minimum absolute atomic E-state index is 0.317. The zero-order chi connectivity index (χ0) is 17.8. The van der Waals surface area contributed by atoms with Crippen LogP contribution in [0.25, 0.3) is 11.1 Å². The average Bonchev–Trinajstić information content (AvgIpc) is 2.63. The Balaban J connectivity index is 1.64. The Morgan fingerprint density at radius 3 is 2.24 bits per heavy atom. The van der Waals surface area contributed by atoms with Crippen molar-refractivity contribution in [1.82, 2.24) is 4.90 Å². The third-order valence-corrected chi connectivity index (χ3v) is 4.85. The summed E-state index contributed by atoms with van der Waals surface area (Å²) in [5.41, 5.74) is 7.43. The second kappa shape index (κ2) is 7.70. The van der Waals surface area contributed by atoms with Gasteiger partial charge in [-0.3, -0.25) is 4.79 Å². The highest BCUT2D eigenvalue weighted by atomic mass is 79.9. The first kappa shape index (κ1) is 17.5. The van der Waals surface area contributed by atoms with Crippen LogP contribution in [-0.2, 0) is 4.79 Å². The van der Waals surface area contributed by atoms with E-state index in [0.717, 1.165) is 22.0 Å². The second-order valence-corrected chi connectivity index (χ2v) is 6.99. The van der Waals surface area contributed by atoms with Gasteiger partial charge in [0, 0.05) is 17.6 Å². The van der Waals surface area contributed by atoms with Gasteiger partial charge in [-0.1, -0.05) is 40.2 Å². The average molecular weight is 403 g/mol. The minimum Gasteiger partial charge on any atom is -0.426 e. The topological polar surface area (TPSA) is 72.6 Å². The van der Waals surface area contributed by atoms with Crippen molar-refractivity contribution in [1.29, 1.82) is 0 Å². The molecule has 0 aliphatic carbocycles. The molecule has 2 N–H and O–H groups in total. The number of hydrogen-bond acceptors (Lipinski definition) is 3. The Kier molecular flexibility index (Phi) is 5.38. The molecule has 1 aliphatic rings. The molecule has 130 valence electrons. The fourth-order valence-corrected chi connectivity index (χ4v) is 3.19. The molecule has 0 saturated carbocycles. The number of nitrogens with zero attached hydrogens (tertiary/aromatic N) is 1. The maximum absolute atomic E-state index is 12.3. The first-order valence-corrected chi connectivity index (χ1v) is 8.94. The summed E-state index contributed by atoms with van der Waals surface area (Å²) >= 11 is 3.42. The van der Waals surface area contributed by atoms with Crippen LogP contribution in [0.4, 0.5) is 4.79 Å². The van der Waals surface area contributed by atoms with E-state index in [4.69, 9.17) is 10.5 Å². The molecule has 6 heteroatoms. The normalized spacial score (nSPS) is 17.2. The molecule has 2 aromatic carbocycles. The van der Waals surface area contributed by atoms with Crippen molar-refractivity contribution in [2.24, 2.45) is 11.7 Å². The number of amides is 2. The summed E-state index contributed by atoms with van der Waals surface area (Å²) in [7, 11) is 0. The third-order valence-electron chi connectivity index (χ3n) is 4.32. The number of carbonyl (C=O) groups excluding carboxylic acids is 2. The summed E-state index contributed by atoms with van der Waals surface area (Å²) in [6, 6.07) is 14.9. The predicted molar refractivity (Wildman–Crippen MR) is 99.1 cm³/mol. The van der Waals surface area contributed by atoms with E-state index in [0.29, 0.717) is 25.3 Å². The van der Waals surface area contributed by atoms with E-state index in [9.17, 15) is 9.59 Å². The molecule has 3 rings (SSSR count). The number of halogens is 1. The molecule has 1 saturated heterocycles. The number of likely N-dealkylation sites (tertiary alicyclic amines) is 1. The largest absolute Gasteiger partial charge is 0.426 e. The number of rotatable bonds is 3. The summed E-state index contributed by atoms with van der Waals surface area (Å²) in [6.07, 6.45) is 1.46. The summed E-state index contributed by atoms with van der Waals surface area (Å²) in [5, 5.41) is 0. The molecule has 25 heavy (non-hydrogen) atoms. The monoisotopic (exact) mass is 402 g/mol. The lowest BCUT2D eigenvalue weighted by molar-refractivity contribution is -0.140. The molecular formula is C19H19BrN2O3. The number of hydrogen-bond donors (Lipinski definition) is 1. The van der Waals surface area contributed by atoms with Crippen LogP contribution in [0, 0.1) is 5.92 Å². The second-order valence-electron chi connectivity index (χ2n) is 6.08. The van der Waals surface area contributed by atoms with Crippen molar-refractivity contribution >= 4 is 27.9 Å². The van der Waals surface area contributed by atoms with E-state index in [-0.39, 0.29) is 11.9 Å². The van der Waals surface area contributed by atoms with Gasteiger partial charge in [-0.2, -0.15) is 0 Å². The minimum atomic E-state index is -0.489. The van der Waals surface area contributed by atoms with E-state index in [1.807, 2.05) is 36.4 Å². The van der Waals surface area contributed by atoms with Gasteiger partial charge in [0.25, 0.3) is 0 Å². The van der Waals surface area contributed by atoms with Crippen LogP contribution in [0.1, 0.15) is 12.8 Å². The molecule has 0 radical (unpaired) electrons. The van der Waals surface area contributed by atoms with Crippen LogP contribution >= 0.6 is 15.9 Å². The number of benzene rings is 2. The first-order valence-electron chi connectivity index (χ1n) is 8.15. The summed E-state index contributed by atoms with van der Waals surface area (Å²) in [4.78, 5) is 25.1. The molecule has 1 atom stereocenters. The Morgan fingerprint density at radius 1 is 1.04 bits per heavy atom. The first-order chi connectivity index (χ1) is 12.0. The number of piperidine rings is 1. The van der Waals surface area contributed by atoms with Crippen LogP contribution < -0.4 is 10.5 Å². The van der Waals surface area contributed by atoms with Gasteiger partial charge in [-0.05, 0) is 48.2 Å². The van der Waals surface area contributed by atoms with Crippen LogP contribution in [0.15, 0.2) is 53.0 Å². The molecule has 2 aromatic rings. The van der Waals surface area contributed by atoms with Crippen molar-refractivity contribution in [2.75, 3.05) is 13.1 Å². The maximum Gasteiger partial charge on any atom is 0.316 e. The van der Waals surface area contributed by atoms with E-state index in [1.54, 1.807) is 12.1 Å². The highest BCUT2D eigenvalue weighted by Crippen LogP contribution is 2.25. The molecular weight excluding hydrogens is 384 g/mol. The molecule has 2 amide bonds. The SMILES string of the molecule is NC(=O)N1CCCC(C(=O)Oc2ccc(-c3ccc(Br)cc3)cc2)C1. The zero-order valence-electron chi connectivity index (χ0n) is 13.7. The number of primary amides is 1. The van der Waals surface area contributed by atoms with E-state index in [1.165, 1.54) is 4.90 Å². The molecule has 0 spiro atoms. The Hall–Kier alpha value is -2.34. The summed E-state index contributed by atoms with van der Waals surface area (Å²) < 4.78 is 6.49. The maximum atomic E-state index is 12.3. The summed E-state index contributed by atoms with van der Waals surface area (Å²) in [6.45, 7) is 0.923. The highest BCUT2D eigenvalue weighted by molar-refractivity contribution is 9.10. The molecule has 1 fully saturated rings. The van der Waals surface area contributed by atoms with Crippen LogP contribution in [-0.4, -0.2) is 30.0 Å². The number of carbonyl (C=O) groups is 2. The van der Waals surface area contributed by atoms with Gasteiger partial charge in [0.1, 0.15) is 5.75 Å². The van der Waals surface area contributed by atoms with Crippen molar-refractivity contribution in [2.45, 2.75) is 12.8 Å². The van der Waals surface area contributed by atoms with Gasteiger partial charge in [-0.15, -0.1) is 0 Å². The fourth-order valence-electron chi connectivity index (χ4n) is 2.93. The molecule has 5 nitrogen and oxygen atoms in total. The fraction of sp³-hybridized carbons (Fsp3) is 0.263. The lowest BCUT2D eigenvalue weighted by Gasteiger charge is -2.30. The van der Waals surface area contributed by atoms with E-state index in [2.05, 4.69) is 15.9 Å². The van der Waals surface area contributed by atoms with Gasteiger partial charge < -0.3 is 15.4 Å². The Bertz CT molecular complexity index is 759. The summed E-state index contributed by atoms with van der Waals surface area (Å²) in [5.74, 6) is -0.142. The zero-order valence-corrected chi connectivity index (χ0v) is 15.2. The van der Waals surface area contributed by atoms with Gasteiger partial charge in [0.2, 0.25) is 0 Å². The molecule has 1 unspecified atom stereocenters. The quantitative estimate of drug-likeness (QED) is 0.626. The molecule has 0 bridgehead atoms. The highest BCUT2D eigenvalue weighted by Gasteiger charge is 2.28. The van der Waals surface area contributed by atoms with Crippen molar-refractivity contribution < 1.29 is 14.3 Å². The van der Waals surface area contributed by atoms with Gasteiger partial charge in [-0.25, -0.2) is 4.79 Å². The number of ether oxygens (including phenoxy) is 1. The Labute approximate surface area is 154 Å². The van der Waals surface area contributed by atoms with E-state index < -0.39 is 6.03 Å². The molecule has 1 aliphatic heterocycles. The van der Waals surface area contributed by atoms with Crippen LogP contribution in [0.2, 0.25) is 0 Å². The third kappa shape index (κ3) is 4.39. The van der Waals surface area contributed by atoms with Crippen molar-refractivity contribution in [3.8, 4) is 16.9 Å². The van der Waals surface area contributed by atoms with Crippen molar-refractivity contribution in [3.05, 3.63) is 53.0 Å². The van der Waals surface area contributed by atoms with Gasteiger partial charge in [0.15, 0.2) is 0 Å². The lowest BCUT2D eigenvalue weighted by atomic mass is 9.98. The number of urea groups is 1. The Morgan fingerprint density at radius 2 is 1.64 bits per heavy atom. The number of esters is 1. The van der Waals surface area contributed by atoms with Gasteiger partial charge >= 0.3 is 12.0 Å². The van der Waals surface area contributed by atoms with Gasteiger partial charge in [0.05, 0.1) is 5.92 Å². The van der Waals surface area contributed by atoms with Crippen molar-refractivity contribution in [3.63, 3.8) is 0 Å².